The normalized spacial score (nSPS) is 12.4. The predicted octanol–water partition coefficient (Wildman–Crippen LogP) is 12.3. The molecule has 0 saturated carbocycles. The molecule has 2 nitrogen and oxygen atoms in total. The maximum absolute atomic E-state index is 11.3. The maximum atomic E-state index is 11.3. The Morgan fingerprint density at radius 2 is 1.45 bits per heavy atom. The van der Waals surface area contributed by atoms with E-state index < -0.39 is 0 Å². The van der Waals surface area contributed by atoms with Crippen LogP contribution in [0.25, 0.3) is 31.3 Å². The highest BCUT2D eigenvalue weighted by molar-refractivity contribution is 7.25. The van der Waals surface area contributed by atoms with Crippen molar-refractivity contribution >= 4 is 42.9 Å². The molecule has 0 saturated heterocycles. The number of thiophene rings is 1. The van der Waals surface area contributed by atoms with Gasteiger partial charge in [-0.2, -0.15) is 0 Å². The summed E-state index contributed by atoms with van der Waals surface area (Å²) in [6, 6.07) is 49.1. The Morgan fingerprint density at radius 1 is 0.735 bits per heavy atom. The number of fused-ring (bicyclic) bond motifs is 3. The lowest BCUT2D eigenvalue weighted by atomic mass is 9.84. The Balaban J connectivity index is 1.30. The Hall–Kier alpha value is -5.82. The van der Waals surface area contributed by atoms with Crippen LogP contribution in [0.4, 0.5) is 11.4 Å². The van der Waals surface area contributed by atoms with E-state index in [1.54, 1.807) is 6.08 Å². The summed E-state index contributed by atoms with van der Waals surface area (Å²) in [5.74, 6) is 2.96. The number of aryl methyl sites for hydroxylation is 1. The fourth-order valence-electron chi connectivity index (χ4n) is 6.73. The molecule has 6 aromatic carbocycles. The van der Waals surface area contributed by atoms with Crippen LogP contribution in [-0.2, 0) is 6.42 Å². The standard InChI is InChI=1S/C46H37NOS/c1-4-5-8-16-33(3)47(37-19-11-7-12-20-37)38-24-27-45-43(31-38)41-26-23-36(30-46(41)49-45)42(28-34-17-9-6-10-18-34)35-22-25-40(44(48)29-35)39-21-14-13-15-32(39)2/h1,5-27,29-31,42,48H,28H2,2-3H3/b8-5-,33-16+. The van der Waals surface area contributed by atoms with Crippen LogP contribution in [0.1, 0.15) is 35.1 Å². The van der Waals surface area contributed by atoms with E-state index in [9.17, 15) is 5.11 Å². The number of hydrogen-bond donors (Lipinski definition) is 1. The van der Waals surface area contributed by atoms with E-state index in [1.807, 2.05) is 47.8 Å². The highest BCUT2D eigenvalue weighted by Crippen LogP contribution is 2.42. The van der Waals surface area contributed by atoms with E-state index in [-0.39, 0.29) is 5.92 Å². The molecule has 0 aliphatic heterocycles. The van der Waals surface area contributed by atoms with Crippen molar-refractivity contribution in [1.29, 1.82) is 0 Å². The van der Waals surface area contributed by atoms with Crippen LogP contribution < -0.4 is 4.90 Å². The molecule has 1 heterocycles. The Labute approximate surface area is 292 Å². The van der Waals surface area contributed by atoms with E-state index in [0.717, 1.165) is 45.7 Å². The van der Waals surface area contributed by atoms with Crippen LogP contribution >= 0.6 is 11.3 Å². The topological polar surface area (TPSA) is 23.5 Å². The number of para-hydroxylation sites is 1. The summed E-state index contributed by atoms with van der Waals surface area (Å²) >= 11 is 1.82. The van der Waals surface area contributed by atoms with Crippen molar-refractivity contribution in [2.75, 3.05) is 4.90 Å². The second kappa shape index (κ2) is 14.1. The Morgan fingerprint density at radius 3 is 2.20 bits per heavy atom. The van der Waals surface area contributed by atoms with Gasteiger partial charge in [-0.1, -0.05) is 109 Å². The minimum atomic E-state index is 0.0711. The molecule has 0 spiro atoms. The molecular weight excluding hydrogens is 615 g/mol. The molecule has 3 heteroatoms. The average molecular weight is 652 g/mol. The number of aromatic hydroxyl groups is 1. The lowest BCUT2D eigenvalue weighted by Crippen LogP contribution is -2.14. The van der Waals surface area contributed by atoms with Crippen LogP contribution in [-0.4, -0.2) is 5.11 Å². The zero-order valence-corrected chi connectivity index (χ0v) is 28.5. The molecule has 1 unspecified atom stereocenters. The van der Waals surface area contributed by atoms with E-state index in [1.165, 1.54) is 31.3 Å². The molecule has 0 amide bonds. The van der Waals surface area contributed by atoms with Gasteiger partial charge in [0.05, 0.1) is 0 Å². The highest BCUT2D eigenvalue weighted by Gasteiger charge is 2.20. The van der Waals surface area contributed by atoms with Crippen LogP contribution in [0.2, 0.25) is 0 Å². The lowest BCUT2D eigenvalue weighted by Gasteiger charge is -2.26. The van der Waals surface area contributed by atoms with Gasteiger partial charge in [-0.25, -0.2) is 0 Å². The van der Waals surface area contributed by atoms with E-state index in [4.69, 9.17) is 6.42 Å². The molecule has 0 aliphatic rings. The SMILES string of the molecule is C#C/C=C\C=C(/C)N(c1ccccc1)c1ccc2sc3cc(C(Cc4ccccc4)c4ccc(-c5ccccc5C)c(O)c4)ccc3c2c1. The van der Waals surface area contributed by atoms with Crippen LogP contribution in [0.3, 0.4) is 0 Å². The van der Waals surface area contributed by atoms with E-state index >= 15 is 0 Å². The first kappa shape index (κ1) is 31.8. The molecule has 1 atom stereocenters. The summed E-state index contributed by atoms with van der Waals surface area (Å²) in [4.78, 5) is 2.27. The number of hydrogen-bond acceptors (Lipinski definition) is 3. The van der Waals surface area contributed by atoms with Crippen molar-refractivity contribution in [2.24, 2.45) is 0 Å². The van der Waals surface area contributed by atoms with Gasteiger partial charge in [0.15, 0.2) is 0 Å². The fourth-order valence-corrected chi connectivity index (χ4v) is 7.87. The average Bonchev–Trinajstić information content (AvgIpc) is 3.49. The molecule has 7 rings (SSSR count). The van der Waals surface area contributed by atoms with Crippen molar-refractivity contribution < 1.29 is 5.11 Å². The zero-order chi connectivity index (χ0) is 33.7. The van der Waals surface area contributed by atoms with Crippen molar-refractivity contribution in [3.63, 3.8) is 0 Å². The molecule has 0 radical (unpaired) electrons. The maximum Gasteiger partial charge on any atom is 0.123 e. The van der Waals surface area contributed by atoms with E-state index in [0.29, 0.717) is 5.75 Å². The minimum absolute atomic E-state index is 0.0711. The van der Waals surface area contributed by atoms with Gasteiger partial charge in [0.1, 0.15) is 5.75 Å². The van der Waals surface area contributed by atoms with Crippen molar-refractivity contribution in [1.82, 2.24) is 0 Å². The summed E-state index contributed by atoms with van der Waals surface area (Å²) in [6.45, 7) is 4.19. The second-order valence-electron chi connectivity index (χ2n) is 12.4. The first-order valence-electron chi connectivity index (χ1n) is 16.5. The van der Waals surface area contributed by atoms with Crippen LogP contribution in [0.15, 0.2) is 163 Å². The molecule has 0 fully saturated rings. The number of allylic oxidation sites excluding steroid dienone is 4. The number of rotatable bonds is 9. The van der Waals surface area contributed by atoms with Gasteiger partial charge < -0.3 is 10.0 Å². The molecule has 49 heavy (non-hydrogen) atoms. The summed E-state index contributed by atoms with van der Waals surface area (Å²) in [6.07, 6.45) is 12.0. The number of benzene rings is 6. The van der Waals surface area contributed by atoms with Gasteiger partial charge in [0.25, 0.3) is 0 Å². The smallest absolute Gasteiger partial charge is 0.123 e. The first-order chi connectivity index (χ1) is 24.0. The summed E-state index contributed by atoms with van der Waals surface area (Å²) in [7, 11) is 0. The van der Waals surface area contributed by atoms with Gasteiger partial charge >= 0.3 is 0 Å². The third kappa shape index (κ3) is 6.65. The van der Waals surface area contributed by atoms with Gasteiger partial charge in [-0.15, -0.1) is 17.8 Å². The molecule has 1 N–H and O–H groups in total. The largest absolute Gasteiger partial charge is 0.507 e. The number of nitrogens with zero attached hydrogens (tertiary/aromatic N) is 1. The monoisotopic (exact) mass is 651 g/mol. The molecule has 7 aromatic rings. The molecule has 238 valence electrons. The summed E-state index contributed by atoms with van der Waals surface area (Å²) in [5, 5.41) is 13.8. The lowest BCUT2D eigenvalue weighted by molar-refractivity contribution is 0.476. The van der Waals surface area contributed by atoms with Gasteiger partial charge in [-0.3, -0.25) is 0 Å². The molecule has 0 aliphatic carbocycles. The molecular formula is C46H37NOS. The quantitative estimate of drug-likeness (QED) is 0.124. The zero-order valence-electron chi connectivity index (χ0n) is 27.7. The van der Waals surface area contributed by atoms with Gasteiger partial charge in [0.2, 0.25) is 0 Å². The van der Waals surface area contributed by atoms with Crippen molar-refractivity contribution in [3.8, 4) is 29.2 Å². The number of terminal acetylenes is 1. The molecule has 0 bridgehead atoms. The number of phenolic OH excluding ortho intramolecular Hbond substituents is 1. The van der Waals surface area contributed by atoms with Crippen molar-refractivity contribution in [2.45, 2.75) is 26.2 Å². The highest BCUT2D eigenvalue weighted by atomic mass is 32.1. The minimum Gasteiger partial charge on any atom is -0.507 e. The predicted molar refractivity (Wildman–Crippen MR) is 210 cm³/mol. The third-order valence-electron chi connectivity index (χ3n) is 9.18. The van der Waals surface area contributed by atoms with E-state index in [2.05, 4.69) is 140 Å². The Bertz CT molecular complexity index is 2360. The second-order valence-corrected chi connectivity index (χ2v) is 13.5. The van der Waals surface area contributed by atoms with Crippen LogP contribution in [0.5, 0.6) is 5.75 Å². The number of phenols is 1. The molecule has 1 aromatic heterocycles. The summed E-state index contributed by atoms with van der Waals surface area (Å²) in [5.41, 5.74) is 9.90. The number of anilines is 2. The van der Waals surface area contributed by atoms with Gasteiger partial charge in [-0.05, 0) is 103 Å². The third-order valence-corrected chi connectivity index (χ3v) is 10.3. The summed E-state index contributed by atoms with van der Waals surface area (Å²) < 4.78 is 2.50. The van der Waals surface area contributed by atoms with Gasteiger partial charge in [0, 0.05) is 48.7 Å². The first-order valence-corrected chi connectivity index (χ1v) is 17.4. The van der Waals surface area contributed by atoms with Crippen LogP contribution in [0, 0.1) is 19.3 Å². The van der Waals surface area contributed by atoms with Crippen molar-refractivity contribution in [3.05, 3.63) is 186 Å². The fraction of sp³-hybridized carbons (Fsp3) is 0.0870. The Kier molecular flexibility index (Phi) is 9.15.